The lowest BCUT2D eigenvalue weighted by Gasteiger charge is -2.31. The van der Waals surface area contributed by atoms with Gasteiger partial charge in [0.1, 0.15) is 12.4 Å². The molecule has 0 atom stereocenters. The first kappa shape index (κ1) is 36.6. The number of ether oxygens (including phenoxy) is 3. The zero-order chi connectivity index (χ0) is 34.8. The smallest absolute Gasteiger partial charge is 0.255 e. The van der Waals surface area contributed by atoms with Crippen LogP contribution in [-0.4, -0.2) is 76.7 Å². The van der Waals surface area contributed by atoms with Crippen molar-refractivity contribution in [2.45, 2.75) is 20.0 Å². The molecule has 0 unspecified atom stereocenters. The minimum atomic E-state index is -0.303. The summed E-state index contributed by atoms with van der Waals surface area (Å²) < 4.78 is 16.6. The summed E-state index contributed by atoms with van der Waals surface area (Å²) in [6, 6.07) is 18.0. The summed E-state index contributed by atoms with van der Waals surface area (Å²) in [6.45, 7) is 3.41. The number of methoxy groups -OCH3 is 2. The van der Waals surface area contributed by atoms with Crippen molar-refractivity contribution < 1.29 is 28.6 Å². The lowest BCUT2D eigenvalue weighted by molar-refractivity contribution is -0.117. The van der Waals surface area contributed by atoms with Crippen LogP contribution in [0.3, 0.4) is 0 Å². The van der Waals surface area contributed by atoms with Gasteiger partial charge < -0.3 is 29.7 Å². The summed E-state index contributed by atoms with van der Waals surface area (Å²) in [6.07, 6.45) is 3.65. The molecule has 0 saturated carbocycles. The number of halogens is 2. The highest BCUT2D eigenvalue weighted by molar-refractivity contribution is 6.38. The fraction of sp³-hybridized carbons (Fsp3) is 0.306. The number of nitrogens with two attached hydrogens (primary N) is 1. The quantitative estimate of drug-likeness (QED) is 0.215. The maximum absolute atomic E-state index is 13.7. The van der Waals surface area contributed by atoms with Crippen LogP contribution < -0.4 is 15.5 Å². The Morgan fingerprint density at radius 1 is 0.958 bits per heavy atom. The van der Waals surface area contributed by atoms with Crippen molar-refractivity contribution in [3.8, 4) is 0 Å². The van der Waals surface area contributed by atoms with Crippen LogP contribution in [0.15, 0.2) is 78.2 Å². The number of hydrogen-bond donors (Lipinski definition) is 1. The molecule has 0 bridgehead atoms. The van der Waals surface area contributed by atoms with Gasteiger partial charge in [0.2, 0.25) is 5.91 Å². The molecule has 254 valence electrons. The lowest BCUT2D eigenvalue weighted by Crippen LogP contribution is -2.36. The predicted octanol–water partition coefficient (Wildman–Crippen LogP) is 5.70. The summed E-state index contributed by atoms with van der Waals surface area (Å²) in [5, 5.41) is 0.663. The SMILES string of the molecule is COCCN(CCOC)C(=O)c1ccc(C=CC(=O)N2C(C)=C(OCc3c(Cl)ccc(N(C)C(=O)CN)c3Cl)Cc3ccccc32)cc1. The Kier molecular flexibility index (Phi) is 13.2. The molecular weight excluding hydrogens is 655 g/mol. The van der Waals surface area contributed by atoms with Gasteiger partial charge in [-0.15, -0.1) is 0 Å². The van der Waals surface area contributed by atoms with Crippen molar-refractivity contribution in [1.29, 1.82) is 0 Å². The van der Waals surface area contributed by atoms with Crippen molar-refractivity contribution in [3.63, 3.8) is 0 Å². The van der Waals surface area contributed by atoms with Crippen LogP contribution in [0.4, 0.5) is 11.4 Å². The van der Waals surface area contributed by atoms with Crippen molar-refractivity contribution in [2.75, 3.05) is 63.9 Å². The van der Waals surface area contributed by atoms with E-state index in [4.69, 9.17) is 43.1 Å². The second-order valence-corrected chi connectivity index (χ2v) is 11.8. The minimum Gasteiger partial charge on any atom is -0.491 e. The largest absolute Gasteiger partial charge is 0.491 e. The lowest BCUT2D eigenvalue weighted by atomic mass is 10.0. The van der Waals surface area contributed by atoms with E-state index in [2.05, 4.69) is 0 Å². The van der Waals surface area contributed by atoms with Gasteiger partial charge in [0, 0.05) is 63.0 Å². The van der Waals surface area contributed by atoms with E-state index < -0.39 is 0 Å². The number of fused-ring (bicyclic) bond motifs is 1. The molecule has 0 saturated heterocycles. The second kappa shape index (κ2) is 17.3. The molecule has 0 spiro atoms. The third-order valence-electron chi connectivity index (χ3n) is 8.00. The van der Waals surface area contributed by atoms with Crippen molar-refractivity contribution >= 4 is 58.4 Å². The van der Waals surface area contributed by atoms with Gasteiger partial charge >= 0.3 is 0 Å². The fourth-order valence-corrected chi connectivity index (χ4v) is 5.82. The van der Waals surface area contributed by atoms with Crippen LogP contribution >= 0.6 is 23.2 Å². The van der Waals surface area contributed by atoms with Gasteiger partial charge in [0.25, 0.3) is 11.8 Å². The molecule has 1 aliphatic rings. The molecule has 3 aromatic carbocycles. The van der Waals surface area contributed by atoms with E-state index in [1.165, 1.54) is 11.0 Å². The predicted molar refractivity (Wildman–Crippen MR) is 189 cm³/mol. The highest BCUT2D eigenvalue weighted by Gasteiger charge is 2.28. The topological polar surface area (TPSA) is 115 Å². The third kappa shape index (κ3) is 8.63. The Labute approximate surface area is 291 Å². The van der Waals surface area contributed by atoms with Gasteiger partial charge in [-0.1, -0.05) is 53.5 Å². The number of para-hydroxylation sites is 1. The number of benzene rings is 3. The first-order valence-corrected chi connectivity index (χ1v) is 16.1. The van der Waals surface area contributed by atoms with Crippen LogP contribution in [0, 0.1) is 0 Å². The van der Waals surface area contributed by atoms with E-state index in [9.17, 15) is 14.4 Å². The Bertz CT molecular complexity index is 1680. The molecule has 48 heavy (non-hydrogen) atoms. The van der Waals surface area contributed by atoms with E-state index in [0.29, 0.717) is 66.0 Å². The van der Waals surface area contributed by atoms with Crippen LogP contribution in [0.5, 0.6) is 0 Å². The molecule has 3 amide bonds. The minimum absolute atomic E-state index is 0.0162. The Balaban J connectivity index is 1.54. The Morgan fingerprint density at radius 3 is 2.27 bits per heavy atom. The summed E-state index contributed by atoms with van der Waals surface area (Å²) in [7, 11) is 4.78. The maximum Gasteiger partial charge on any atom is 0.255 e. The van der Waals surface area contributed by atoms with Gasteiger partial charge in [0.15, 0.2) is 0 Å². The van der Waals surface area contributed by atoms with Crippen LogP contribution in [0.25, 0.3) is 6.08 Å². The average molecular weight is 696 g/mol. The van der Waals surface area contributed by atoms with Gasteiger partial charge in [0.05, 0.1) is 41.9 Å². The second-order valence-electron chi connectivity index (χ2n) is 11.0. The maximum atomic E-state index is 13.7. The summed E-state index contributed by atoms with van der Waals surface area (Å²) in [5.41, 5.74) is 10.1. The highest BCUT2D eigenvalue weighted by atomic mass is 35.5. The standard InChI is InChI=1S/C36H40Cl2N4O6/c1-24-32(48-23-28-29(37)14-15-31(35(28)38)40(2)34(44)22-39)21-27-7-5-6-8-30(27)42(24)33(43)16-11-25-9-12-26(13-10-25)36(45)41(17-19-46-3)18-20-47-4/h5-16H,17-23,39H2,1-4H3. The van der Waals surface area contributed by atoms with Gasteiger partial charge in [-0.05, 0) is 54.5 Å². The first-order chi connectivity index (χ1) is 23.1. The van der Waals surface area contributed by atoms with Crippen molar-refractivity contribution in [2.24, 2.45) is 5.73 Å². The molecule has 0 aliphatic carbocycles. The molecule has 0 fully saturated rings. The number of hydrogen-bond acceptors (Lipinski definition) is 7. The Hall–Kier alpha value is -4.19. The molecule has 1 heterocycles. The van der Waals surface area contributed by atoms with Crippen molar-refractivity contribution in [3.05, 3.63) is 110 Å². The molecule has 3 aromatic rings. The average Bonchev–Trinajstić information content (AvgIpc) is 3.10. The number of carbonyl (C=O) groups is 3. The normalized spacial score (nSPS) is 12.7. The number of anilines is 2. The summed E-state index contributed by atoms with van der Waals surface area (Å²) in [4.78, 5) is 43.7. The van der Waals surface area contributed by atoms with Gasteiger partial charge in [-0.3, -0.25) is 19.3 Å². The number of likely N-dealkylation sites (N-methyl/N-ethyl adjacent to an activating group) is 1. The first-order valence-electron chi connectivity index (χ1n) is 15.3. The van der Waals surface area contributed by atoms with Crippen LogP contribution in [0.2, 0.25) is 10.0 Å². The van der Waals surface area contributed by atoms with Crippen LogP contribution in [0.1, 0.15) is 34.0 Å². The molecule has 1 aliphatic heterocycles. The number of rotatable bonds is 14. The van der Waals surface area contributed by atoms with Gasteiger partial charge in [-0.2, -0.15) is 0 Å². The van der Waals surface area contributed by atoms with Gasteiger partial charge in [-0.25, -0.2) is 0 Å². The van der Waals surface area contributed by atoms with E-state index in [-0.39, 0.29) is 35.9 Å². The molecule has 10 nitrogen and oxygen atoms in total. The monoisotopic (exact) mass is 694 g/mol. The van der Waals surface area contributed by atoms with E-state index in [1.54, 1.807) is 73.5 Å². The summed E-state index contributed by atoms with van der Waals surface area (Å²) >= 11 is 13.2. The third-order valence-corrected chi connectivity index (χ3v) is 8.78. The van der Waals surface area contributed by atoms with Crippen molar-refractivity contribution in [1.82, 2.24) is 4.90 Å². The number of nitrogens with zero attached hydrogens (tertiary/aromatic N) is 3. The van der Waals surface area contributed by atoms with E-state index in [1.807, 2.05) is 31.2 Å². The van der Waals surface area contributed by atoms with E-state index >= 15 is 0 Å². The molecule has 0 radical (unpaired) electrons. The zero-order valence-electron chi connectivity index (χ0n) is 27.5. The number of carbonyl (C=O) groups excluding carboxylic acids is 3. The summed E-state index contributed by atoms with van der Waals surface area (Å²) in [5.74, 6) is -0.123. The molecule has 4 rings (SSSR count). The molecule has 12 heteroatoms. The van der Waals surface area contributed by atoms with E-state index in [0.717, 1.165) is 16.8 Å². The number of allylic oxidation sites excluding steroid dienone is 2. The number of amides is 3. The highest BCUT2D eigenvalue weighted by Crippen LogP contribution is 2.37. The Morgan fingerprint density at radius 2 is 1.62 bits per heavy atom. The van der Waals surface area contributed by atoms with Crippen LogP contribution in [-0.2, 0) is 36.8 Å². The molecular formula is C36H40Cl2N4O6. The molecule has 2 N–H and O–H groups in total. The zero-order valence-corrected chi connectivity index (χ0v) is 29.0. The molecule has 0 aromatic heterocycles. The fourth-order valence-electron chi connectivity index (χ4n) is 5.21.